The van der Waals surface area contributed by atoms with Gasteiger partial charge < -0.3 is 14.4 Å². The Morgan fingerprint density at radius 2 is 2.53 bits per heavy atom. The molecule has 1 N–H and O–H groups in total. The minimum atomic E-state index is -0.870. The maximum atomic E-state index is 10.6. The summed E-state index contributed by atoms with van der Waals surface area (Å²) in [5.74, 6) is -0.870. The molecule has 0 saturated carbocycles. The Morgan fingerprint density at radius 3 is 3.13 bits per heavy atom. The minimum absolute atomic E-state index is 0.349. The molecule has 1 aliphatic rings. The van der Waals surface area contributed by atoms with Gasteiger partial charge in [-0.3, -0.25) is 0 Å². The van der Waals surface area contributed by atoms with Gasteiger partial charge in [-0.25, -0.2) is 4.79 Å². The number of aryl methyl sites for hydroxylation is 1. The van der Waals surface area contributed by atoms with E-state index in [1.807, 2.05) is 4.57 Å². The molecule has 1 unspecified atom stereocenters. The zero-order valence-electron chi connectivity index (χ0n) is 8.56. The number of nitrogens with zero attached hydrogens (tertiary/aromatic N) is 1. The standard InChI is InChI=1S/C11H15NO3/c13-11(14)9-3-5-12(8-9)6-4-10-2-1-7-15-10/h3,5,8,10H,1-2,4,6-7H2,(H,13,14). The second-order valence-electron chi connectivity index (χ2n) is 3.87. The van der Waals surface area contributed by atoms with Gasteiger partial charge in [0.15, 0.2) is 0 Å². The van der Waals surface area contributed by atoms with E-state index in [2.05, 4.69) is 0 Å². The average molecular weight is 209 g/mol. The van der Waals surface area contributed by atoms with Gasteiger partial charge in [0.25, 0.3) is 0 Å². The van der Waals surface area contributed by atoms with Crippen LogP contribution in [0.2, 0.25) is 0 Å². The molecular formula is C11H15NO3. The lowest BCUT2D eigenvalue weighted by Crippen LogP contribution is -2.09. The lowest BCUT2D eigenvalue weighted by molar-refractivity contribution is 0.0697. The van der Waals surface area contributed by atoms with E-state index in [-0.39, 0.29) is 0 Å². The van der Waals surface area contributed by atoms with Gasteiger partial charge in [0, 0.05) is 25.5 Å². The van der Waals surface area contributed by atoms with Crippen LogP contribution in [0.25, 0.3) is 0 Å². The first-order valence-electron chi connectivity index (χ1n) is 5.26. The number of carbonyl (C=O) groups is 1. The highest BCUT2D eigenvalue weighted by Gasteiger charge is 2.15. The van der Waals surface area contributed by atoms with Crippen LogP contribution in [-0.4, -0.2) is 28.4 Å². The second-order valence-corrected chi connectivity index (χ2v) is 3.87. The number of hydrogen-bond donors (Lipinski definition) is 1. The summed E-state index contributed by atoms with van der Waals surface area (Å²) in [6.45, 7) is 1.70. The van der Waals surface area contributed by atoms with Crippen LogP contribution in [0.3, 0.4) is 0 Å². The Bertz CT molecular complexity index is 339. The van der Waals surface area contributed by atoms with E-state index in [1.165, 1.54) is 0 Å². The monoisotopic (exact) mass is 209 g/mol. The van der Waals surface area contributed by atoms with E-state index in [4.69, 9.17) is 9.84 Å². The van der Waals surface area contributed by atoms with Crippen LogP contribution < -0.4 is 0 Å². The summed E-state index contributed by atoms with van der Waals surface area (Å²) in [6, 6.07) is 1.62. The van der Waals surface area contributed by atoms with Gasteiger partial charge in [-0.1, -0.05) is 0 Å². The molecule has 0 amide bonds. The minimum Gasteiger partial charge on any atom is -0.478 e. The van der Waals surface area contributed by atoms with Crippen molar-refractivity contribution in [1.82, 2.24) is 4.57 Å². The molecule has 82 valence electrons. The van der Waals surface area contributed by atoms with Crippen molar-refractivity contribution in [3.05, 3.63) is 24.0 Å². The largest absolute Gasteiger partial charge is 0.478 e. The Morgan fingerprint density at radius 1 is 1.67 bits per heavy atom. The van der Waals surface area contributed by atoms with Crippen LogP contribution in [0.1, 0.15) is 29.6 Å². The Hall–Kier alpha value is -1.29. The number of carboxylic acids is 1. The molecule has 0 radical (unpaired) electrons. The summed E-state index contributed by atoms with van der Waals surface area (Å²) in [7, 11) is 0. The molecule has 0 spiro atoms. The molecule has 1 atom stereocenters. The van der Waals surface area contributed by atoms with E-state index >= 15 is 0 Å². The zero-order chi connectivity index (χ0) is 10.7. The van der Waals surface area contributed by atoms with E-state index in [9.17, 15) is 4.79 Å². The number of aromatic carboxylic acids is 1. The summed E-state index contributed by atoms with van der Waals surface area (Å²) in [4.78, 5) is 10.6. The molecule has 15 heavy (non-hydrogen) atoms. The van der Waals surface area contributed by atoms with Gasteiger partial charge >= 0.3 is 5.97 Å². The number of aromatic nitrogens is 1. The first kappa shape index (κ1) is 10.2. The van der Waals surface area contributed by atoms with Gasteiger partial charge in [-0.2, -0.15) is 0 Å². The number of ether oxygens (including phenoxy) is 1. The molecule has 1 aliphatic heterocycles. The van der Waals surface area contributed by atoms with Gasteiger partial charge in [0.2, 0.25) is 0 Å². The van der Waals surface area contributed by atoms with Gasteiger partial charge in [0.1, 0.15) is 0 Å². The summed E-state index contributed by atoms with van der Waals surface area (Å²) in [6.07, 6.45) is 7.08. The maximum absolute atomic E-state index is 10.6. The molecule has 1 aromatic heterocycles. The average Bonchev–Trinajstić information content (AvgIpc) is 2.86. The number of hydrogen-bond acceptors (Lipinski definition) is 2. The first-order chi connectivity index (χ1) is 7.25. The molecule has 0 aliphatic carbocycles. The van der Waals surface area contributed by atoms with Crippen molar-refractivity contribution in [1.29, 1.82) is 0 Å². The SMILES string of the molecule is O=C(O)c1ccn(CCC2CCCO2)c1. The van der Waals surface area contributed by atoms with Crippen LogP contribution in [0.15, 0.2) is 18.5 Å². The van der Waals surface area contributed by atoms with E-state index in [0.29, 0.717) is 11.7 Å². The fourth-order valence-corrected chi connectivity index (χ4v) is 1.87. The Balaban J connectivity index is 1.84. The second kappa shape index (κ2) is 4.49. The van der Waals surface area contributed by atoms with Crippen LogP contribution in [0.5, 0.6) is 0 Å². The highest BCUT2D eigenvalue weighted by molar-refractivity contribution is 5.87. The Kier molecular flexibility index (Phi) is 3.06. The van der Waals surface area contributed by atoms with E-state index in [0.717, 1.165) is 32.4 Å². The third-order valence-corrected chi connectivity index (χ3v) is 2.73. The van der Waals surface area contributed by atoms with Crippen molar-refractivity contribution in [2.75, 3.05) is 6.61 Å². The van der Waals surface area contributed by atoms with Gasteiger partial charge in [-0.15, -0.1) is 0 Å². The smallest absolute Gasteiger partial charge is 0.337 e. The molecular weight excluding hydrogens is 194 g/mol. The molecule has 2 heterocycles. The van der Waals surface area contributed by atoms with Crippen molar-refractivity contribution in [3.8, 4) is 0 Å². The predicted octanol–water partition coefficient (Wildman–Crippen LogP) is 1.76. The van der Waals surface area contributed by atoms with Crippen LogP contribution in [-0.2, 0) is 11.3 Å². The molecule has 4 nitrogen and oxygen atoms in total. The fourth-order valence-electron chi connectivity index (χ4n) is 1.87. The molecule has 1 fully saturated rings. The topological polar surface area (TPSA) is 51.5 Å². The fraction of sp³-hybridized carbons (Fsp3) is 0.545. The molecule has 0 aromatic carbocycles. The van der Waals surface area contributed by atoms with Crippen molar-refractivity contribution >= 4 is 5.97 Å². The van der Waals surface area contributed by atoms with Crippen LogP contribution >= 0.6 is 0 Å². The lowest BCUT2D eigenvalue weighted by atomic mass is 10.2. The van der Waals surface area contributed by atoms with Crippen molar-refractivity contribution in [2.24, 2.45) is 0 Å². The van der Waals surface area contributed by atoms with Gasteiger partial charge in [0.05, 0.1) is 11.7 Å². The quantitative estimate of drug-likeness (QED) is 0.822. The highest BCUT2D eigenvalue weighted by Crippen LogP contribution is 2.16. The lowest BCUT2D eigenvalue weighted by Gasteiger charge is -2.09. The Labute approximate surface area is 88.5 Å². The summed E-state index contributed by atoms with van der Waals surface area (Å²) in [5, 5.41) is 8.74. The molecule has 4 heteroatoms. The third-order valence-electron chi connectivity index (χ3n) is 2.73. The number of carboxylic acid groups (broad SMARTS) is 1. The third kappa shape index (κ3) is 2.59. The highest BCUT2D eigenvalue weighted by atomic mass is 16.5. The summed E-state index contributed by atoms with van der Waals surface area (Å²) in [5.41, 5.74) is 0.349. The summed E-state index contributed by atoms with van der Waals surface area (Å²) >= 11 is 0. The first-order valence-corrected chi connectivity index (χ1v) is 5.26. The molecule has 0 bridgehead atoms. The summed E-state index contributed by atoms with van der Waals surface area (Å²) < 4.78 is 7.41. The molecule has 1 saturated heterocycles. The van der Waals surface area contributed by atoms with E-state index < -0.39 is 5.97 Å². The van der Waals surface area contributed by atoms with Crippen LogP contribution in [0.4, 0.5) is 0 Å². The van der Waals surface area contributed by atoms with Crippen molar-refractivity contribution in [3.63, 3.8) is 0 Å². The molecule has 2 rings (SSSR count). The van der Waals surface area contributed by atoms with Crippen LogP contribution in [0, 0.1) is 0 Å². The molecule has 1 aromatic rings. The van der Waals surface area contributed by atoms with Crippen molar-refractivity contribution in [2.45, 2.75) is 31.9 Å². The maximum Gasteiger partial charge on any atom is 0.337 e. The normalized spacial score (nSPS) is 20.7. The van der Waals surface area contributed by atoms with E-state index in [1.54, 1.807) is 18.5 Å². The predicted molar refractivity (Wildman–Crippen MR) is 55.0 cm³/mol. The van der Waals surface area contributed by atoms with Crippen molar-refractivity contribution < 1.29 is 14.6 Å². The van der Waals surface area contributed by atoms with Gasteiger partial charge in [-0.05, 0) is 25.3 Å². The number of rotatable bonds is 4. The zero-order valence-corrected chi connectivity index (χ0v) is 8.56.